The number of pyridine rings is 1. The summed E-state index contributed by atoms with van der Waals surface area (Å²) in [7, 11) is 0. The lowest BCUT2D eigenvalue weighted by Crippen LogP contribution is -2.28. The molecule has 6 nitrogen and oxygen atoms in total. The van der Waals surface area contributed by atoms with Gasteiger partial charge in [-0.05, 0) is 24.5 Å². The molecule has 1 fully saturated rings. The van der Waals surface area contributed by atoms with Gasteiger partial charge in [0.15, 0.2) is 0 Å². The summed E-state index contributed by atoms with van der Waals surface area (Å²) in [4.78, 5) is 14.7. The predicted octanol–water partition coefficient (Wildman–Crippen LogP) is 3.57. The molecule has 0 aliphatic carbocycles. The summed E-state index contributed by atoms with van der Waals surface area (Å²) < 4.78 is 5.95. The van der Waals surface area contributed by atoms with Gasteiger partial charge >= 0.3 is 5.69 Å². The molecule has 1 saturated heterocycles. The molecule has 1 aromatic carbocycles. The van der Waals surface area contributed by atoms with Crippen LogP contribution in [0.25, 0.3) is 0 Å². The molecule has 0 bridgehead atoms. The molecule has 0 amide bonds. The van der Waals surface area contributed by atoms with Gasteiger partial charge in [-0.15, -0.1) is 0 Å². The van der Waals surface area contributed by atoms with Crippen molar-refractivity contribution in [3.8, 4) is 0 Å². The quantitative estimate of drug-likeness (QED) is 0.674. The minimum atomic E-state index is -0.415. The minimum Gasteiger partial charge on any atom is -0.373 e. The van der Waals surface area contributed by atoms with E-state index < -0.39 is 4.92 Å². The van der Waals surface area contributed by atoms with Crippen LogP contribution < -0.4 is 5.32 Å². The Balaban J connectivity index is 1.72. The van der Waals surface area contributed by atoms with Crippen LogP contribution in [0.15, 0.2) is 48.7 Å². The highest BCUT2D eigenvalue weighted by atomic mass is 16.6. The first-order chi connectivity index (χ1) is 11.3. The van der Waals surface area contributed by atoms with Crippen LogP contribution in [-0.2, 0) is 4.74 Å². The molecular weight excluding hydrogens is 294 g/mol. The van der Waals surface area contributed by atoms with E-state index in [-0.39, 0.29) is 17.7 Å². The number of nitrogens with one attached hydrogen (secondary N) is 1. The number of nitro groups is 1. The van der Waals surface area contributed by atoms with Crippen molar-refractivity contribution in [1.29, 1.82) is 0 Å². The predicted molar refractivity (Wildman–Crippen MR) is 87.2 cm³/mol. The van der Waals surface area contributed by atoms with E-state index in [1.54, 1.807) is 12.3 Å². The highest BCUT2D eigenvalue weighted by molar-refractivity contribution is 5.55. The molecular formula is C17H19N3O3. The molecule has 3 rings (SSSR count). The summed E-state index contributed by atoms with van der Waals surface area (Å²) in [6.45, 7) is 1.34. The van der Waals surface area contributed by atoms with E-state index in [1.807, 2.05) is 18.2 Å². The van der Waals surface area contributed by atoms with Crippen molar-refractivity contribution < 1.29 is 9.66 Å². The average Bonchev–Trinajstić information content (AvgIpc) is 2.61. The fourth-order valence-corrected chi connectivity index (χ4v) is 2.97. The Bertz CT molecular complexity index is 663. The number of ether oxygens (including phenoxy) is 1. The third kappa shape index (κ3) is 3.65. The average molecular weight is 313 g/mol. The lowest BCUT2D eigenvalue weighted by molar-refractivity contribution is -0.384. The number of benzene rings is 1. The Morgan fingerprint density at radius 3 is 2.87 bits per heavy atom. The number of rotatable bonds is 5. The molecule has 0 saturated carbocycles. The fraction of sp³-hybridized carbons (Fsp3) is 0.353. The van der Waals surface area contributed by atoms with Crippen molar-refractivity contribution >= 4 is 11.5 Å². The zero-order valence-corrected chi connectivity index (χ0v) is 12.7. The lowest BCUT2D eigenvalue weighted by Gasteiger charge is -2.32. The molecule has 2 atom stereocenters. The maximum atomic E-state index is 11.1. The third-order valence-corrected chi connectivity index (χ3v) is 4.09. The number of nitrogens with zero attached hydrogens (tertiary/aromatic N) is 2. The van der Waals surface area contributed by atoms with Crippen molar-refractivity contribution in [2.24, 2.45) is 5.92 Å². The van der Waals surface area contributed by atoms with E-state index in [0.717, 1.165) is 25.0 Å². The van der Waals surface area contributed by atoms with E-state index in [9.17, 15) is 10.1 Å². The Hall–Kier alpha value is -2.47. The molecule has 2 unspecified atom stereocenters. The second-order valence-electron chi connectivity index (χ2n) is 5.61. The first-order valence-corrected chi connectivity index (χ1v) is 7.75. The first kappa shape index (κ1) is 15.4. The highest BCUT2D eigenvalue weighted by Gasteiger charge is 2.28. The monoisotopic (exact) mass is 313 g/mol. The summed E-state index contributed by atoms with van der Waals surface area (Å²) in [6, 6.07) is 13.1. The van der Waals surface area contributed by atoms with E-state index in [2.05, 4.69) is 22.4 Å². The lowest BCUT2D eigenvalue weighted by atomic mass is 9.89. The van der Waals surface area contributed by atoms with E-state index in [1.165, 1.54) is 6.07 Å². The Morgan fingerprint density at radius 2 is 2.09 bits per heavy atom. The van der Waals surface area contributed by atoms with Gasteiger partial charge in [0.1, 0.15) is 0 Å². The van der Waals surface area contributed by atoms with Gasteiger partial charge in [0.25, 0.3) is 0 Å². The van der Waals surface area contributed by atoms with Crippen LogP contribution in [0.4, 0.5) is 11.5 Å². The Labute approximate surface area is 134 Å². The van der Waals surface area contributed by atoms with Gasteiger partial charge in [-0.2, -0.15) is 0 Å². The van der Waals surface area contributed by atoms with Gasteiger partial charge < -0.3 is 10.1 Å². The molecule has 6 heteroatoms. The van der Waals surface area contributed by atoms with Crippen molar-refractivity contribution in [2.75, 3.05) is 18.5 Å². The molecule has 2 heterocycles. The maximum Gasteiger partial charge on any atom is 0.311 e. The Morgan fingerprint density at radius 1 is 1.26 bits per heavy atom. The molecule has 1 aromatic heterocycles. The van der Waals surface area contributed by atoms with Crippen molar-refractivity contribution in [1.82, 2.24) is 4.98 Å². The summed E-state index contributed by atoms with van der Waals surface area (Å²) in [5.74, 6) is 0.572. The van der Waals surface area contributed by atoms with E-state index in [4.69, 9.17) is 4.74 Å². The van der Waals surface area contributed by atoms with Crippen LogP contribution in [0.2, 0.25) is 0 Å². The van der Waals surface area contributed by atoms with Crippen LogP contribution in [0, 0.1) is 16.0 Å². The van der Waals surface area contributed by atoms with Gasteiger partial charge in [-0.1, -0.05) is 30.3 Å². The number of hydrogen-bond donors (Lipinski definition) is 1. The molecule has 1 N–H and O–H groups in total. The summed E-state index contributed by atoms with van der Waals surface area (Å²) in [5, 5.41) is 14.2. The normalized spacial score (nSPS) is 20.9. The maximum absolute atomic E-state index is 11.1. The summed E-state index contributed by atoms with van der Waals surface area (Å²) in [5.41, 5.74) is 1.15. The molecule has 23 heavy (non-hydrogen) atoms. The molecule has 0 radical (unpaired) electrons. The topological polar surface area (TPSA) is 77.3 Å². The third-order valence-electron chi connectivity index (χ3n) is 4.09. The molecule has 1 aliphatic heterocycles. The summed E-state index contributed by atoms with van der Waals surface area (Å²) in [6.07, 6.45) is 3.59. The molecule has 2 aromatic rings. The van der Waals surface area contributed by atoms with E-state index >= 15 is 0 Å². The molecule has 1 aliphatic rings. The Kier molecular flexibility index (Phi) is 4.83. The zero-order valence-electron chi connectivity index (χ0n) is 12.7. The highest BCUT2D eigenvalue weighted by Crippen LogP contribution is 2.34. The van der Waals surface area contributed by atoms with Crippen molar-refractivity contribution in [3.05, 3.63) is 64.3 Å². The first-order valence-electron chi connectivity index (χ1n) is 7.75. The largest absolute Gasteiger partial charge is 0.373 e. The van der Waals surface area contributed by atoms with Gasteiger partial charge in [-0.25, -0.2) is 4.98 Å². The van der Waals surface area contributed by atoms with Crippen LogP contribution in [0.5, 0.6) is 0 Å². The summed E-state index contributed by atoms with van der Waals surface area (Å²) >= 11 is 0. The number of anilines is 1. The van der Waals surface area contributed by atoms with Gasteiger partial charge in [-0.3, -0.25) is 10.1 Å². The minimum absolute atomic E-state index is 0.000453. The van der Waals surface area contributed by atoms with Crippen LogP contribution >= 0.6 is 0 Å². The smallest absolute Gasteiger partial charge is 0.311 e. The van der Waals surface area contributed by atoms with Gasteiger partial charge in [0.2, 0.25) is 5.82 Å². The van der Waals surface area contributed by atoms with Gasteiger partial charge in [0.05, 0.1) is 11.0 Å². The number of hydrogen-bond acceptors (Lipinski definition) is 5. The number of aromatic nitrogens is 1. The second kappa shape index (κ2) is 7.19. The molecule has 0 spiro atoms. The fourth-order valence-electron chi connectivity index (χ4n) is 2.97. The standard InChI is InChI=1S/C17H19N3O3/c21-20(22)15-9-4-10-18-17(15)19-12-14-8-5-11-23-16(14)13-6-2-1-3-7-13/h1-4,6-7,9-10,14,16H,5,8,11-12H2,(H,18,19). The van der Waals surface area contributed by atoms with Gasteiger partial charge in [0, 0.05) is 31.3 Å². The zero-order chi connectivity index (χ0) is 16.1. The molecule has 120 valence electrons. The second-order valence-corrected chi connectivity index (χ2v) is 5.61. The van der Waals surface area contributed by atoms with E-state index in [0.29, 0.717) is 12.4 Å². The van der Waals surface area contributed by atoms with Crippen LogP contribution in [-0.4, -0.2) is 23.1 Å². The van der Waals surface area contributed by atoms with Crippen LogP contribution in [0.3, 0.4) is 0 Å². The van der Waals surface area contributed by atoms with Crippen molar-refractivity contribution in [2.45, 2.75) is 18.9 Å². The van der Waals surface area contributed by atoms with Crippen LogP contribution in [0.1, 0.15) is 24.5 Å². The SMILES string of the molecule is O=[N+]([O-])c1cccnc1NCC1CCCOC1c1ccccc1. The van der Waals surface area contributed by atoms with Crippen molar-refractivity contribution in [3.63, 3.8) is 0 Å².